The Balaban J connectivity index is 2.06. The molecule has 0 heterocycles. The second-order valence-corrected chi connectivity index (χ2v) is 4.53. The molecule has 0 amide bonds. The van der Waals surface area contributed by atoms with E-state index in [4.69, 9.17) is 22.1 Å². The Kier molecular flexibility index (Phi) is 4.85. The number of guanidine groups is 1. The summed E-state index contributed by atoms with van der Waals surface area (Å²) in [5.41, 5.74) is 7.57. The first-order valence-corrected chi connectivity index (χ1v) is 6.52. The van der Waals surface area contributed by atoms with Gasteiger partial charge in [-0.25, -0.2) is 4.99 Å². The molecule has 2 aromatic rings. The molecule has 4 nitrogen and oxygen atoms in total. The Morgan fingerprint density at radius 3 is 2.65 bits per heavy atom. The maximum absolute atomic E-state index is 6.07. The van der Waals surface area contributed by atoms with Gasteiger partial charge in [-0.3, -0.25) is 0 Å². The second kappa shape index (κ2) is 6.82. The molecule has 2 aromatic carbocycles. The summed E-state index contributed by atoms with van der Waals surface area (Å²) in [4.78, 5) is 4.27. The van der Waals surface area contributed by atoms with Crippen molar-refractivity contribution in [1.82, 2.24) is 0 Å². The predicted molar refractivity (Wildman–Crippen MR) is 83.4 cm³/mol. The highest BCUT2D eigenvalue weighted by Crippen LogP contribution is 2.22. The van der Waals surface area contributed by atoms with Crippen molar-refractivity contribution >= 4 is 23.2 Å². The summed E-state index contributed by atoms with van der Waals surface area (Å²) >= 11 is 6.07. The molecule has 0 atom stereocenters. The summed E-state index contributed by atoms with van der Waals surface area (Å²) < 4.78 is 5.23. The first-order chi connectivity index (χ1) is 9.70. The Hall–Kier alpha value is -2.20. The second-order valence-electron chi connectivity index (χ2n) is 4.12. The number of hydrogen-bond acceptors (Lipinski definition) is 2. The van der Waals surface area contributed by atoms with Crippen molar-refractivity contribution in [3.8, 4) is 5.75 Å². The standard InChI is InChI=1S/C15H16ClN3O/c1-20-14-9-5-4-8-13(14)19-15(17)18-10-11-6-2-3-7-12(11)16/h2-9H,10H2,1H3,(H3,17,18,19). The Labute approximate surface area is 123 Å². The Morgan fingerprint density at radius 1 is 1.20 bits per heavy atom. The van der Waals surface area contributed by atoms with Crippen LogP contribution < -0.4 is 15.8 Å². The molecule has 0 aliphatic carbocycles. The zero-order valence-corrected chi connectivity index (χ0v) is 11.9. The van der Waals surface area contributed by atoms with Crippen molar-refractivity contribution in [2.45, 2.75) is 6.54 Å². The first kappa shape index (κ1) is 14.2. The molecule has 104 valence electrons. The minimum atomic E-state index is 0.314. The number of rotatable bonds is 4. The van der Waals surface area contributed by atoms with Crippen LogP contribution in [0.1, 0.15) is 5.56 Å². The molecule has 0 fully saturated rings. The van der Waals surface area contributed by atoms with Crippen LogP contribution in [0.4, 0.5) is 5.69 Å². The largest absolute Gasteiger partial charge is 0.495 e. The minimum Gasteiger partial charge on any atom is -0.495 e. The number of halogens is 1. The minimum absolute atomic E-state index is 0.314. The summed E-state index contributed by atoms with van der Waals surface area (Å²) in [6.45, 7) is 0.424. The molecule has 0 radical (unpaired) electrons. The van der Waals surface area contributed by atoms with Crippen molar-refractivity contribution in [2.24, 2.45) is 10.7 Å². The van der Waals surface area contributed by atoms with Crippen LogP contribution in [0.3, 0.4) is 0 Å². The summed E-state index contributed by atoms with van der Waals surface area (Å²) in [6.07, 6.45) is 0. The topological polar surface area (TPSA) is 59.6 Å². The molecule has 0 aliphatic rings. The number of nitrogens with two attached hydrogens (primary N) is 1. The average molecular weight is 290 g/mol. The van der Waals surface area contributed by atoms with Gasteiger partial charge in [0, 0.05) is 5.02 Å². The van der Waals surface area contributed by atoms with E-state index in [1.54, 1.807) is 7.11 Å². The summed E-state index contributed by atoms with van der Waals surface area (Å²) in [5.74, 6) is 1.03. The number of nitrogens with zero attached hydrogens (tertiary/aromatic N) is 1. The number of ether oxygens (including phenoxy) is 1. The molecule has 0 saturated carbocycles. The highest BCUT2D eigenvalue weighted by molar-refractivity contribution is 6.31. The normalized spacial score (nSPS) is 11.2. The van der Waals surface area contributed by atoms with Crippen LogP contribution in [0, 0.1) is 0 Å². The van der Waals surface area contributed by atoms with Crippen molar-refractivity contribution in [3.63, 3.8) is 0 Å². The Morgan fingerprint density at radius 2 is 1.90 bits per heavy atom. The third kappa shape index (κ3) is 3.65. The van der Waals surface area contributed by atoms with Crippen LogP contribution in [0.2, 0.25) is 5.02 Å². The van der Waals surface area contributed by atoms with Gasteiger partial charge in [-0.1, -0.05) is 41.9 Å². The maximum Gasteiger partial charge on any atom is 0.193 e. The van der Waals surface area contributed by atoms with Gasteiger partial charge in [0.2, 0.25) is 0 Å². The van der Waals surface area contributed by atoms with Gasteiger partial charge in [0.1, 0.15) is 5.75 Å². The summed E-state index contributed by atoms with van der Waals surface area (Å²) in [5, 5.41) is 3.69. The molecule has 0 bridgehead atoms. The lowest BCUT2D eigenvalue weighted by Crippen LogP contribution is -2.22. The summed E-state index contributed by atoms with van der Waals surface area (Å²) in [6, 6.07) is 15.1. The first-order valence-electron chi connectivity index (χ1n) is 6.14. The fraction of sp³-hybridized carbons (Fsp3) is 0.133. The van der Waals surface area contributed by atoms with Crippen LogP contribution in [-0.2, 0) is 6.54 Å². The van der Waals surface area contributed by atoms with E-state index in [0.717, 1.165) is 11.3 Å². The molecule has 0 spiro atoms. The number of para-hydroxylation sites is 2. The van der Waals surface area contributed by atoms with Gasteiger partial charge in [-0.15, -0.1) is 0 Å². The Bertz CT molecular complexity index is 614. The third-order valence-electron chi connectivity index (χ3n) is 2.75. The third-order valence-corrected chi connectivity index (χ3v) is 3.12. The molecule has 0 saturated heterocycles. The zero-order valence-electron chi connectivity index (χ0n) is 11.1. The zero-order chi connectivity index (χ0) is 14.4. The van der Waals surface area contributed by atoms with Crippen LogP contribution in [0.15, 0.2) is 53.5 Å². The van der Waals surface area contributed by atoms with E-state index >= 15 is 0 Å². The molecule has 0 aliphatic heterocycles. The van der Waals surface area contributed by atoms with Crippen molar-refractivity contribution in [2.75, 3.05) is 12.4 Å². The van der Waals surface area contributed by atoms with Crippen LogP contribution >= 0.6 is 11.6 Å². The molecule has 0 unspecified atom stereocenters. The lowest BCUT2D eigenvalue weighted by Gasteiger charge is -2.10. The van der Waals surface area contributed by atoms with E-state index < -0.39 is 0 Å². The number of benzene rings is 2. The van der Waals surface area contributed by atoms with E-state index in [0.29, 0.717) is 23.3 Å². The van der Waals surface area contributed by atoms with Crippen LogP contribution in [-0.4, -0.2) is 13.1 Å². The molecule has 3 N–H and O–H groups in total. The van der Waals surface area contributed by atoms with Crippen molar-refractivity contribution in [1.29, 1.82) is 0 Å². The number of nitrogens with one attached hydrogen (secondary N) is 1. The quantitative estimate of drug-likeness (QED) is 0.671. The molecule has 20 heavy (non-hydrogen) atoms. The lowest BCUT2D eigenvalue weighted by molar-refractivity contribution is 0.417. The van der Waals surface area contributed by atoms with E-state index in [2.05, 4.69) is 10.3 Å². The predicted octanol–water partition coefficient (Wildman–Crippen LogP) is 3.28. The highest BCUT2D eigenvalue weighted by Gasteiger charge is 2.03. The van der Waals surface area contributed by atoms with E-state index in [-0.39, 0.29) is 0 Å². The van der Waals surface area contributed by atoms with Gasteiger partial charge in [-0.2, -0.15) is 0 Å². The van der Waals surface area contributed by atoms with Crippen LogP contribution in [0.5, 0.6) is 5.75 Å². The maximum atomic E-state index is 6.07. The number of anilines is 1. The van der Waals surface area contributed by atoms with E-state index in [1.165, 1.54) is 0 Å². The molecule has 0 aromatic heterocycles. The molecular weight excluding hydrogens is 274 g/mol. The van der Waals surface area contributed by atoms with Gasteiger partial charge in [0.15, 0.2) is 5.96 Å². The average Bonchev–Trinajstić information content (AvgIpc) is 2.47. The number of hydrogen-bond donors (Lipinski definition) is 2. The van der Waals surface area contributed by atoms with Crippen molar-refractivity contribution < 1.29 is 4.74 Å². The fourth-order valence-electron chi connectivity index (χ4n) is 1.72. The SMILES string of the molecule is COc1ccccc1NC(N)=NCc1ccccc1Cl. The highest BCUT2D eigenvalue weighted by atomic mass is 35.5. The number of methoxy groups -OCH3 is 1. The van der Waals surface area contributed by atoms with Gasteiger partial charge in [0.05, 0.1) is 19.3 Å². The smallest absolute Gasteiger partial charge is 0.193 e. The van der Waals surface area contributed by atoms with E-state index in [9.17, 15) is 0 Å². The van der Waals surface area contributed by atoms with Crippen LogP contribution in [0.25, 0.3) is 0 Å². The van der Waals surface area contributed by atoms with Gasteiger partial charge in [-0.05, 0) is 23.8 Å². The molecule has 5 heteroatoms. The monoisotopic (exact) mass is 289 g/mol. The fourth-order valence-corrected chi connectivity index (χ4v) is 1.92. The van der Waals surface area contributed by atoms with Gasteiger partial charge >= 0.3 is 0 Å². The summed E-state index contributed by atoms with van der Waals surface area (Å²) in [7, 11) is 1.61. The number of aliphatic imine (C=N–C) groups is 1. The molecule has 2 rings (SSSR count). The molecular formula is C15H16ClN3O. The van der Waals surface area contributed by atoms with Gasteiger partial charge < -0.3 is 15.8 Å². The van der Waals surface area contributed by atoms with E-state index in [1.807, 2.05) is 48.5 Å². The van der Waals surface area contributed by atoms with Gasteiger partial charge in [0.25, 0.3) is 0 Å². The van der Waals surface area contributed by atoms with Crippen molar-refractivity contribution in [3.05, 3.63) is 59.1 Å². The lowest BCUT2D eigenvalue weighted by atomic mass is 10.2.